The van der Waals surface area contributed by atoms with Crippen LogP contribution in [0.1, 0.15) is 50.4 Å². The Bertz CT molecular complexity index is 526. The first-order chi connectivity index (χ1) is 8.11. The summed E-state index contributed by atoms with van der Waals surface area (Å²) in [6.07, 6.45) is 2.47. The quantitative estimate of drug-likeness (QED) is 0.807. The number of allylic oxidation sites excluding steroid dienone is 2. The van der Waals surface area contributed by atoms with E-state index in [0.717, 1.165) is 35.3 Å². The molecule has 0 aromatic carbocycles. The lowest BCUT2D eigenvalue weighted by atomic mass is 9.81. The van der Waals surface area contributed by atoms with E-state index in [1.165, 1.54) is 0 Å². The van der Waals surface area contributed by atoms with Gasteiger partial charge in [-0.1, -0.05) is 19.0 Å². The van der Waals surface area contributed by atoms with Crippen molar-refractivity contribution in [3.8, 4) is 0 Å². The van der Waals surface area contributed by atoms with E-state index in [2.05, 4.69) is 19.0 Å². The van der Waals surface area contributed by atoms with Crippen LogP contribution < -0.4 is 5.73 Å². The second-order valence-corrected chi connectivity index (χ2v) is 5.20. The van der Waals surface area contributed by atoms with Gasteiger partial charge in [-0.2, -0.15) is 0 Å². The van der Waals surface area contributed by atoms with Crippen LogP contribution in [0, 0.1) is 5.92 Å². The first-order valence-electron chi connectivity index (χ1n) is 6.13. The van der Waals surface area contributed by atoms with Crippen molar-refractivity contribution < 1.29 is 9.32 Å². The van der Waals surface area contributed by atoms with Crippen molar-refractivity contribution in [2.24, 2.45) is 5.92 Å². The third-order valence-corrected chi connectivity index (χ3v) is 3.77. The van der Waals surface area contributed by atoms with Crippen molar-refractivity contribution in [2.75, 3.05) is 5.73 Å². The second-order valence-electron chi connectivity index (χ2n) is 5.20. The molecule has 1 heterocycles. The minimum absolute atomic E-state index is 0.0825. The highest BCUT2D eigenvalue weighted by Crippen LogP contribution is 2.51. The molecule has 1 atom stereocenters. The number of ketones is 1. The van der Waals surface area contributed by atoms with E-state index in [-0.39, 0.29) is 11.7 Å². The van der Waals surface area contributed by atoms with Gasteiger partial charge in [0, 0.05) is 23.5 Å². The Balaban J connectivity index is 2.22. The summed E-state index contributed by atoms with van der Waals surface area (Å²) in [6.45, 7) is 4.22. The molecule has 0 fully saturated rings. The maximum Gasteiger partial charge on any atom is 0.171 e. The van der Waals surface area contributed by atoms with Gasteiger partial charge < -0.3 is 10.3 Å². The maximum atomic E-state index is 12.1. The van der Waals surface area contributed by atoms with Crippen LogP contribution in [0.4, 0.5) is 5.82 Å². The zero-order valence-corrected chi connectivity index (χ0v) is 10.1. The van der Waals surface area contributed by atoms with Gasteiger partial charge in [0.2, 0.25) is 0 Å². The third kappa shape index (κ3) is 1.30. The average Bonchev–Trinajstić information content (AvgIpc) is 2.79. The Morgan fingerprint density at radius 1 is 1.41 bits per heavy atom. The monoisotopic (exact) mass is 232 g/mol. The molecule has 0 bridgehead atoms. The number of hydrogen-bond donors (Lipinski definition) is 1. The van der Waals surface area contributed by atoms with Gasteiger partial charge in [-0.3, -0.25) is 4.79 Å². The number of nitrogens with two attached hydrogens (primary N) is 1. The molecule has 4 nitrogen and oxygen atoms in total. The Kier molecular flexibility index (Phi) is 2.15. The smallest absolute Gasteiger partial charge is 0.171 e. The number of nitrogens with zero attached hydrogens (tertiary/aromatic N) is 1. The summed E-state index contributed by atoms with van der Waals surface area (Å²) >= 11 is 0. The molecule has 1 aromatic rings. The van der Waals surface area contributed by atoms with Gasteiger partial charge in [0.1, 0.15) is 0 Å². The van der Waals surface area contributed by atoms with E-state index in [1.807, 2.05) is 0 Å². The highest BCUT2D eigenvalue weighted by molar-refractivity contribution is 6.08. The molecule has 0 saturated heterocycles. The number of carbonyl (C=O) groups is 1. The second kappa shape index (κ2) is 3.45. The molecule has 0 radical (unpaired) electrons. The van der Waals surface area contributed by atoms with Gasteiger partial charge in [0.25, 0.3) is 0 Å². The van der Waals surface area contributed by atoms with Gasteiger partial charge >= 0.3 is 0 Å². The van der Waals surface area contributed by atoms with Crippen molar-refractivity contribution in [2.45, 2.75) is 39.0 Å². The zero-order chi connectivity index (χ0) is 12.2. The van der Waals surface area contributed by atoms with Crippen molar-refractivity contribution in [1.29, 1.82) is 0 Å². The third-order valence-electron chi connectivity index (χ3n) is 3.77. The van der Waals surface area contributed by atoms with Crippen LogP contribution in [0.15, 0.2) is 10.1 Å². The number of Topliss-reactive ketones (excluding diaryl/α,β-unsaturated/α-hetero) is 1. The Morgan fingerprint density at radius 3 is 2.88 bits per heavy atom. The molecule has 90 valence electrons. The molecular weight excluding hydrogens is 216 g/mol. The first kappa shape index (κ1) is 10.6. The van der Waals surface area contributed by atoms with E-state index in [1.54, 1.807) is 0 Å². The lowest BCUT2D eigenvalue weighted by Gasteiger charge is -2.21. The number of anilines is 1. The number of nitrogen functional groups attached to an aromatic ring is 1. The predicted octanol–water partition coefficient (Wildman–Crippen LogP) is 2.52. The Hall–Kier alpha value is -1.58. The average molecular weight is 232 g/mol. The van der Waals surface area contributed by atoms with Crippen molar-refractivity contribution >= 4 is 17.2 Å². The van der Waals surface area contributed by atoms with E-state index in [0.29, 0.717) is 18.2 Å². The van der Waals surface area contributed by atoms with E-state index in [4.69, 9.17) is 10.3 Å². The van der Waals surface area contributed by atoms with Crippen LogP contribution in [0.25, 0.3) is 5.57 Å². The highest BCUT2D eigenvalue weighted by Gasteiger charge is 2.42. The molecule has 0 aliphatic heterocycles. The summed E-state index contributed by atoms with van der Waals surface area (Å²) in [5.41, 5.74) is 8.82. The van der Waals surface area contributed by atoms with Crippen LogP contribution in [0.2, 0.25) is 0 Å². The molecule has 4 heteroatoms. The summed E-state index contributed by atoms with van der Waals surface area (Å²) in [4.78, 5) is 12.1. The summed E-state index contributed by atoms with van der Waals surface area (Å²) < 4.78 is 5.32. The van der Waals surface area contributed by atoms with Gasteiger partial charge in [-0.25, -0.2) is 0 Å². The van der Waals surface area contributed by atoms with E-state index < -0.39 is 0 Å². The fourth-order valence-corrected chi connectivity index (χ4v) is 3.10. The lowest BCUT2D eigenvalue weighted by Crippen LogP contribution is -2.17. The standard InChI is InChI=1S/C13H16N2O2/c1-6(2)9-10-7(4-3-5-8(10)16)12-11(9)13(14)15-17-12/h6,9H,3-5H2,1-2H3,(H2,14,15). The summed E-state index contributed by atoms with van der Waals surface area (Å²) in [5.74, 6) is 1.89. The minimum atomic E-state index is 0.0825. The number of aromatic nitrogens is 1. The zero-order valence-electron chi connectivity index (χ0n) is 10.1. The maximum absolute atomic E-state index is 12.1. The minimum Gasteiger partial charge on any atom is -0.381 e. The topological polar surface area (TPSA) is 69.1 Å². The van der Waals surface area contributed by atoms with Gasteiger partial charge in [-0.05, 0) is 18.8 Å². The largest absolute Gasteiger partial charge is 0.381 e. The molecule has 2 aliphatic carbocycles. The van der Waals surface area contributed by atoms with Gasteiger partial charge in [0.05, 0.1) is 5.56 Å². The Morgan fingerprint density at radius 2 is 2.18 bits per heavy atom. The molecule has 2 aliphatic rings. The number of carbonyl (C=O) groups excluding carboxylic acids is 1. The van der Waals surface area contributed by atoms with Crippen molar-refractivity contribution in [3.63, 3.8) is 0 Å². The highest BCUT2D eigenvalue weighted by atomic mass is 16.5. The molecule has 17 heavy (non-hydrogen) atoms. The number of hydrogen-bond acceptors (Lipinski definition) is 4. The van der Waals surface area contributed by atoms with Crippen LogP contribution in [0.3, 0.4) is 0 Å². The van der Waals surface area contributed by atoms with Gasteiger partial charge in [-0.15, -0.1) is 0 Å². The van der Waals surface area contributed by atoms with Gasteiger partial charge in [0.15, 0.2) is 17.4 Å². The summed E-state index contributed by atoms with van der Waals surface area (Å²) in [5, 5.41) is 3.84. The molecule has 0 saturated carbocycles. The van der Waals surface area contributed by atoms with E-state index in [9.17, 15) is 4.79 Å². The van der Waals surface area contributed by atoms with E-state index >= 15 is 0 Å². The SMILES string of the molecule is CC(C)C1C2=C(CCCC2=O)c2onc(N)c21. The normalized spacial score (nSPS) is 23.2. The Labute approximate surface area is 99.8 Å². The van der Waals surface area contributed by atoms with Crippen LogP contribution in [0.5, 0.6) is 0 Å². The molecule has 2 N–H and O–H groups in total. The molecule has 1 unspecified atom stereocenters. The fraction of sp³-hybridized carbons (Fsp3) is 0.538. The fourth-order valence-electron chi connectivity index (χ4n) is 3.10. The number of fused-ring (bicyclic) bond motifs is 2. The van der Waals surface area contributed by atoms with Crippen LogP contribution >= 0.6 is 0 Å². The van der Waals surface area contributed by atoms with Crippen molar-refractivity contribution in [1.82, 2.24) is 5.16 Å². The van der Waals surface area contributed by atoms with Crippen LogP contribution in [-0.4, -0.2) is 10.9 Å². The van der Waals surface area contributed by atoms with Crippen LogP contribution in [-0.2, 0) is 4.79 Å². The molecule has 3 rings (SSSR count). The van der Waals surface area contributed by atoms with Crippen molar-refractivity contribution in [3.05, 3.63) is 16.9 Å². The molecule has 1 aromatic heterocycles. The molecule has 0 amide bonds. The lowest BCUT2D eigenvalue weighted by molar-refractivity contribution is -0.116. The first-order valence-corrected chi connectivity index (χ1v) is 6.13. The number of rotatable bonds is 1. The molecule has 0 spiro atoms. The predicted molar refractivity (Wildman–Crippen MR) is 64.3 cm³/mol. The summed E-state index contributed by atoms with van der Waals surface area (Å²) in [7, 11) is 0. The summed E-state index contributed by atoms with van der Waals surface area (Å²) in [6, 6.07) is 0. The molecular formula is C13H16N2O2.